The Labute approximate surface area is 129 Å². The highest BCUT2D eigenvalue weighted by Crippen LogP contribution is 2.13. The van der Waals surface area contributed by atoms with Gasteiger partial charge >= 0.3 is 0 Å². The Bertz CT molecular complexity index is 539. The molecular formula is C17H20BrNO. The lowest BCUT2D eigenvalue weighted by atomic mass is 10.2. The highest BCUT2D eigenvalue weighted by atomic mass is 79.9. The van der Waals surface area contributed by atoms with Gasteiger partial charge in [-0.15, -0.1) is 0 Å². The van der Waals surface area contributed by atoms with Crippen LogP contribution in [-0.2, 0) is 6.54 Å². The molecule has 0 radical (unpaired) electrons. The van der Waals surface area contributed by atoms with Crippen molar-refractivity contribution in [2.45, 2.75) is 26.4 Å². The van der Waals surface area contributed by atoms with E-state index in [9.17, 15) is 0 Å². The Hall–Kier alpha value is -1.32. The Morgan fingerprint density at radius 3 is 2.60 bits per heavy atom. The molecule has 0 fully saturated rings. The molecule has 0 amide bonds. The maximum absolute atomic E-state index is 5.76. The van der Waals surface area contributed by atoms with E-state index < -0.39 is 0 Å². The molecule has 2 rings (SSSR count). The van der Waals surface area contributed by atoms with Crippen molar-refractivity contribution in [3.8, 4) is 5.75 Å². The Balaban J connectivity index is 1.75. The number of nitrogens with one attached hydrogen (secondary N) is 1. The average Bonchev–Trinajstić information content (AvgIpc) is 2.45. The van der Waals surface area contributed by atoms with Gasteiger partial charge in [0, 0.05) is 17.1 Å². The van der Waals surface area contributed by atoms with E-state index in [-0.39, 0.29) is 0 Å². The first-order valence-corrected chi connectivity index (χ1v) is 7.60. The van der Waals surface area contributed by atoms with Crippen LogP contribution in [0.2, 0.25) is 0 Å². The van der Waals surface area contributed by atoms with Gasteiger partial charge in [-0.25, -0.2) is 0 Å². The lowest BCUT2D eigenvalue weighted by Gasteiger charge is -2.15. The van der Waals surface area contributed by atoms with Crippen LogP contribution in [0, 0.1) is 6.92 Å². The van der Waals surface area contributed by atoms with Crippen molar-refractivity contribution in [1.82, 2.24) is 5.32 Å². The van der Waals surface area contributed by atoms with Gasteiger partial charge in [-0.05, 0) is 43.7 Å². The summed E-state index contributed by atoms with van der Waals surface area (Å²) in [5, 5.41) is 3.46. The highest BCUT2D eigenvalue weighted by molar-refractivity contribution is 9.10. The second-order valence-electron chi connectivity index (χ2n) is 5.04. The van der Waals surface area contributed by atoms with Gasteiger partial charge in [0.05, 0.1) is 0 Å². The van der Waals surface area contributed by atoms with Crippen molar-refractivity contribution in [3.05, 3.63) is 64.1 Å². The van der Waals surface area contributed by atoms with Gasteiger partial charge in [-0.1, -0.05) is 45.8 Å². The van der Waals surface area contributed by atoms with Crippen LogP contribution in [0.15, 0.2) is 53.0 Å². The monoisotopic (exact) mass is 333 g/mol. The van der Waals surface area contributed by atoms with Crippen LogP contribution >= 0.6 is 15.9 Å². The maximum Gasteiger partial charge on any atom is 0.119 e. The predicted molar refractivity (Wildman–Crippen MR) is 87.1 cm³/mol. The number of benzene rings is 2. The molecule has 0 heterocycles. The van der Waals surface area contributed by atoms with Gasteiger partial charge in [0.25, 0.3) is 0 Å². The summed E-state index contributed by atoms with van der Waals surface area (Å²) in [6.45, 7) is 5.72. The fraction of sp³-hybridized carbons (Fsp3) is 0.294. The molecule has 0 spiro atoms. The molecule has 2 nitrogen and oxygen atoms in total. The molecule has 2 aromatic rings. The number of halogens is 1. The van der Waals surface area contributed by atoms with Gasteiger partial charge in [0.15, 0.2) is 0 Å². The fourth-order valence-corrected chi connectivity index (χ4v) is 2.30. The van der Waals surface area contributed by atoms with Gasteiger partial charge in [-0.2, -0.15) is 0 Å². The molecule has 2 aromatic carbocycles. The Kier molecular flexibility index (Phi) is 5.62. The van der Waals surface area contributed by atoms with Crippen molar-refractivity contribution in [3.63, 3.8) is 0 Å². The van der Waals surface area contributed by atoms with Gasteiger partial charge in [-0.3, -0.25) is 0 Å². The molecular weight excluding hydrogens is 314 g/mol. The third-order valence-electron chi connectivity index (χ3n) is 3.06. The van der Waals surface area contributed by atoms with E-state index >= 15 is 0 Å². The Morgan fingerprint density at radius 2 is 1.90 bits per heavy atom. The zero-order valence-corrected chi connectivity index (χ0v) is 13.5. The summed E-state index contributed by atoms with van der Waals surface area (Å²) in [4.78, 5) is 0. The summed E-state index contributed by atoms with van der Waals surface area (Å²) in [6, 6.07) is 16.8. The van der Waals surface area contributed by atoms with E-state index in [1.807, 2.05) is 18.2 Å². The molecule has 3 heteroatoms. The van der Waals surface area contributed by atoms with Crippen molar-refractivity contribution >= 4 is 15.9 Å². The minimum atomic E-state index is 0.301. The summed E-state index contributed by atoms with van der Waals surface area (Å²) in [5.74, 6) is 0.923. The van der Waals surface area contributed by atoms with Gasteiger partial charge in [0.1, 0.15) is 12.4 Å². The van der Waals surface area contributed by atoms with Crippen LogP contribution in [0.3, 0.4) is 0 Å². The molecule has 20 heavy (non-hydrogen) atoms. The lowest BCUT2D eigenvalue weighted by molar-refractivity contribution is 0.272. The molecule has 0 aromatic heterocycles. The van der Waals surface area contributed by atoms with Crippen molar-refractivity contribution in [2.75, 3.05) is 6.61 Å². The minimum Gasteiger partial charge on any atom is -0.492 e. The molecule has 0 saturated carbocycles. The smallest absolute Gasteiger partial charge is 0.119 e. The molecule has 0 aliphatic carbocycles. The molecule has 0 aliphatic heterocycles. The van der Waals surface area contributed by atoms with Gasteiger partial charge in [0.2, 0.25) is 0 Å². The average molecular weight is 334 g/mol. The zero-order chi connectivity index (χ0) is 14.4. The number of aryl methyl sites for hydroxylation is 1. The van der Waals surface area contributed by atoms with Crippen molar-refractivity contribution in [2.24, 2.45) is 0 Å². The van der Waals surface area contributed by atoms with Crippen LogP contribution in [0.25, 0.3) is 0 Å². The minimum absolute atomic E-state index is 0.301. The summed E-state index contributed by atoms with van der Waals surface area (Å²) < 4.78 is 6.87. The third kappa shape index (κ3) is 4.99. The molecule has 0 bridgehead atoms. The fourth-order valence-electron chi connectivity index (χ4n) is 1.85. The molecule has 0 aliphatic rings. The van der Waals surface area contributed by atoms with E-state index in [1.54, 1.807) is 0 Å². The van der Waals surface area contributed by atoms with E-state index in [4.69, 9.17) is 4.74 Å². The number of ether oxygens (including phenoxy) is 1. The SMILES string of the molecule is Cc1ccc(OCC(C)NCc2cccc(Br)c2)cc1. The van der Waals surface area contributed by atoms with Crippen LogP contribution < -0.4 is 10.1 Å². The topological polar surface area (TPSA) is 21.3 Å². The largest absolute Gasteiger partial charge is 0.492 e. The molecule has 106 valence electrons. The lowest BCUT2D eigenvalue weighted by Crippen LogP contribution is -2.31. The molecule has 1 N–H and O–H groups in total. The van der Waals surface area contributed by atoms with Crippen LogP contribution in [0.1, 0.15) is 18.1 Å². The molecule has 1 atom stereocenters. The third-order valence-corrected chi connectivity index (χ3v) is 3.56. The van der Waals surface area contributed by atoms with Crippen molar-refractivity contribution in [1.29, 1.82) is 0 Å². The van der Waals surface area contributed by atoms with Crippen LogP contribution in [0.4, 0.5) is 0 Å². The molecule has 1 unspecified atom stereocenters. The first-order chi connectivity index (χ1) is 9.63. The number of hydrogen-bond donors (Lipinski definition) is 1. The number of hydrogen-bond acceptors (Lipinski definition) is 2. The second kappa shape index (κ2) is 7.46. The van der Waals surface area contributed by atoms with E-state index in [1.165, 1.54) is 11.1 Å². The first kappa shape index (κ1) is 15.1. The standard InChI is InChI=1S/C17H20BrNO/c1-13-6-8-17(9-7-13)20-12-14(2)19-11-15-4-3-5-16(18)10-15/h3-10,14,19H,11-12H2,1-2H3. The Morgan fingerprint density at radius 1 is 1.15 bits per heavy atom. The highest BCUT2D eigenvalue weighted by Gasteiger charge is 2.03. The summed E-state index contributed by atoms with van der Waals surface area (Å²) >= 11 is 3.48. The van der Waals surface area contributed by atoms with E-state index in [0.717, 1.165) is 16.8 Å². The number of rotatable bonds is 6. The quantitative estimate of drug-likeness (QED) is 0.850. The van der Waals surface area contributed by atoms with Crippen molar-refractivity contribution < 1.29 is 4.74 Å². The van der Waals surface area contributed by atoms with Gasteiger partial charge < -0.3 is 10.1 Å². The summed E-state index contributed by atoms with van der Waals surface area (Å²) in [5.41, 5.74) is 2.51. The summed E-state index contributed by atoms with van der Waals surface area (Å²) in [6.07, 6.45) is 0. The van der Waals surface area contributed by atoms with E-state index in [2.05, 4.69) is 65.4 Å². The first-order valence-electron chi connectivity index (χ1n) is 6.81. The normalized spacial score (nSPS) is 12.2. The maximum atomic E-state index is 5.76. The van der Waals surface area contributed by atoms with Crippen LogP contribution in [-0.4, -0.2) is 12.6 Å². The zero-order valence-electron chi connectivity index (χ0n) is 11.9. The van der Waals surface area contributed by atoms with E-state index in [0.29, 0.717) is 12.6 Å². The molecule has 0 saturated heterocycles. The summed E-state index contributed by atoms with van der Waals surface area (Å²) in [7, 11) is 0. The predicted octanol–water partition coefficient (Wildman–Crippen LogP) is 4.31. The van der Waals surface area contributed by atoms with Crippen LogP contribution in [0.5, 0.6) is 5.75 Å². The second-order valence-corrected chi connectivity index (χ2v) is 5.95.